The molecule has 2 aromatic carbocycles. The molecular formula is C17H21ClN2O4S2. The summed E-state index contributed by atoms with van der Waals surface area (Å²) in [5.41, 5.74) is 0.955. The van der Waals surface area contributed by atoms with Gasteiger partial charge < -0.3 is 4.90 Å². The number of rotatable bonds is 7. The van der Waals surface area contributed by atoms with E-state index >= 15 is 0 Å². The summed E-state index contributed by atoms with van der Waals surface area (Å²) in [6.45, 7) is 0.110. The van der Waals surface area contributed by atoms with Crippen LogP contribution in [0, 0.1) is 0 Å². The molecule has 0 aliphatic carbocycles. The predicted octanol–water partition coefficient (Wildman–Crippen LogP) is 2.32. The van der Waals surface area contributed by atoms with E-state index in [-0.39, 0.29) is 27.4 Å². The third-order valence-corrected chi connectivity index (χ3v) is 6.91. The zero-order valence-corrected chi connectivity index (χ0v) is 17.1. The molecule has 1 N–H and O–H groups in total. The monoisotopic (exact) mass is 416 g/mol. The largest absolute Gasteiger partial charge is 0.301 e. The fourth-order valence-electron chi connectivity index (χ4n) is 2.46. The molecule has 0 radical (unpaired) electrons. The van der Waals surface area contributed by atoms with Gasteiger partial charge in [-0.2, -0.15) is 0 Å². The second-order valence-corrected chi connectivity index (χ2v) is 10.3. The van der Waals surface area contributed by atoms with Gasteiger partial charge >= 0.3 is 0 Å². The summed E-state index contributed by atoms with van der Waals surface area (Å²) in [6, 6.07) is 12.9. The molecule has 0 saturated carbocycles. The molecule has 142 valence electrons. The molecular weight excluding hydrogens is 396 g/mol. The molecule has 0 aliphatic heterocycles. The van der Waals surface area contributed by atoms with Crippen molar-refractivity contribution < 1.29 is 16.8 Å². The predicted molar refractivity (Wildman–Crippen MR) is 103 cm³/mol. The van der Waals surface area contributed by atoms with Crippen LogP contribution >= 0.6 is 11.6 Å². The van der Waals surface area contributed by atoms with Gasteiger partial charge in [-0.05, 0) is 37.9 Å². The molecule has 0 aliphatic rings. The smallest absolute Gasteiger partial charge is 0.242 e. The highest BCUT2D eigenvalue weighted by molar-refractivity contribution is 7.91. The molecule has 1 unspecified atom stereocenters. The van der Waals surface area contributed by atoms with E-state index in [1.807, 2.05) is 49.3 Å². The van der Waals surface area contributed by atoms with Gasteiger partial charge in [-0.1, -0.05) is 41.9 Å². The molecule has 2 aromatic rings. The van der Waals surface area contributed by atoms with Gasteiger partial charge in [-0.3, -0.25) is 0 Å². The van der Waals surface area contributed by atoms with Gasteiger partial charge in [0.15, 0.2) is 9.84 Å². The molecule has 1 atom stereocenters. The minimum atomic E-state index is -3.98. The first-order chi connectivity index (χ1) is 12.0. The van der Waals surface area contributed by atoms with Crippen molar-refractivity contribution in [3.8, 4) is 0 Å². The Balaban J connectivity index is 2.31. The van der Waals surface area contributed by atoms with Crippen LogP contribution in [0.2, 0.25) is 5.02 Å². The maximum atomic E-state index is 12.7. The Morgan fingerprint density at radius 3 is 2.19 bits per heavy atom. The van der Waals surface area contributed by atoms with Crippen molar-refractivity contribution in [1.29, 1.82) is 0 Å². The topological polar surface area (TPSA) is 83.6 Å². The number of hydrogen-bond acceptors (Lipinski definition) is 5. The molecule has 0 saturated heterocycles. The van der Waals surface area contributed by atoms with Gasteiger partial charge in [0, 0.05) is 18.8 Å². The molecule has 0 fully saturated rings. The van der Waals surface area contributed by atoms with Crippen molar-refractivity contribution in [3.63, 3.8) is 0 Å². The third kappa shape index (κ3) is 5.05. The standard InChI is InChI=1S/C17H21ClN2O4S2/c1-20(2)16(13-7-5-4-6-8-13)12-19-26(23,24)17-11-14(25(3,21)22)9-10-15(17)18/h4-11,16,19H,12H2,1-3H3. The second kappa shape index (κ2) is 8.06. The van der Waals surface area contributed by atoms with E-state index in [1.165, 1.54) is 12.1 Å². The molecule has 0 spiro atoms. The van der Waals surface area contributed by atoms with Crippen LogP contribution in [0.3, 0.4) is 0 Å². The maximum Gasteiger partial charge on any atom is 0.242 e. The highest BCUT2D eigenvalue weighted by atomic mass is 35.5. The number of nitrogens with zero attached hydrogens (tertiary/aromatic N) is 1. The second-order valence-electron chi connectivity index (χ2n) is 6.11. The van der Waals surface area contributed by atoms with E-state index < -0.39 is 19.9 Å². The van der Waals surface area contributed by atoms with Crippen molar-refractivity contribution in [1.82, 2.24) is 9.62 Å². The number of halogens is 1. The van der Waals surface area contributed by atoms with Crippen molar-refractivity contribution in [2.24, 2.45) is 0 Å². The summed E-state index contributed by atoms with van der Waals surface area (Å²) >= 11 is 6.00. The van der Waals surface area contributed by atoms with Crippen LogP contribution in [-0.2, 0) is 19.9 Å². The highest BCUT2D eigenvalue weighted by Crippen LogP contribution is 2.25. The molecule has 6 nitrogen and oxygen atoms in total. The first-order valence-corrected chi connectivity index (χ1v) is 11.5. The maximum absolute atomic E-state index is 12.7. The summed E-state index contributed by atoms with van der Waals surface area (Å²) in [5.74, 6) is 0. The minimum Gasteiger partial charge on any atom is -0.301 e. The molecule has 0 aromatic heterocycles. The van der Waals surface area contributed by atoms with Crippen LogP contribution in [0.5, 0.6) is 0 Å². The number of benzene rings is 2. The zero-order valence-electron chi connectivity index (χ0n) is 14.7. The van der Waals surface area contributed by atoms with Crippen LogP contribution in [0.15, 0.2) is 58.3 Å². The highest BCUT2D eigenvalue weighted by Gasteiger charge is 2.23. The van der Waals surface area contributed by atoms with Gasteiger partial charge in [0.05, 0.1) is 9.92 Å². The number of hydrogen-bond donors (Lipinski definition) is 1. The lowest BCUT2D eigenvalue weighted by Gasteiger charge is -2.25. The fourth-order valence-corrected chi connectivity index (χ4v) is 4.74. The van der Waals surface area contributed by atoms with Crippen LogP contribution in [0.4, 0.5) is 0 Å². The summed E-state index contributed by atoms with van der Waals surface area (Å²) in [4.78, 5) is 1.54. The lowest BCUT2D eigenvalue weighted by atomic mass is 10.1. The Bertz CT molecular complexity index is 975. The number of likely N-dealkylation sites (N-methyl/N-ethyl adjacent to an activating group) is 1. The summed E-state index contributed by atoms with van der Waals surface area (Å²) in [6.07, 6.45) is 1.01. The van der Waals surface area contributed by atoms with Crippen molar-refractivity contribution in [3.05, 3.63) is 59.1 Å². The lowest BCUT2D eigenvalue weighted by Crippen LogP contribution is -2.34. The molecule has 26 heavy (non-hydrogen) atoms. The van der Waals surface area contributed by atoms with E-state index in [9.17, 15) is 16.8 Å². The van der Waals surface area contributed by atoms with E-state index in [0.717, 1.165) is 17.9 Å². The molecule has 0 bridgehead atoms. The number of sulfonamides is 1. The summed E-state index contributed by atoms with van der Waals surface area (Å²) in [5, 5.41) is -0.0361. The Labute approximate surface area is 159 Å². The zero-order chi connectivity index (χ0) is 19.5. The first kappa shape index (κ1) is 20.9. The van der Waals surface area contributed by atoms with Crippen LogP contribution in [-0.4, -0.2) is 48.6 Å². The number of sulfone groups is 1. The van der Waals surface area contributed by atoms with Crippen LogP contribution < -0.4 is 4.72 Å². The number of nitrogens with one attached hydrogen (secondary N) is 1. The van der Waals surface area contributed by atoms with Crippen LogP contribution in [0.25, 0.3) is 0 Å². The van der Waals surface area contributed by atoms with Gasteiger partial charge in [0.25, 0.3) is 0 Å². The van der Waals surface area contributed by atoms with Crippen molar-refractivity contribution in [2.45, 2.75) is 15.8 Å². The molecule has 2 rings (SSSR count). The Hall–Kier alpha value is -1.45. The Morgan fingerprint density at radius 2 is 1.65 bits per heavy atom. The van der Waals surface area contributed by atoms with E-state index in [2.05, 4.69) is 4.72 Å². The van der Waals surface area contributed by atoms with Crippen molar-refractivity contribution in [2.75, 3.05) is 26.9 Å². The van der Waals surface area contributed by atoms with Gasteiger partial charge in [0.2, 0.25) is 10.0 Å². The normalized spacial score (nSPS) is 13.7. The van der Waals surface area contributed by atoms with Crippen molar-refractivity contribution >= 4 is 31.5 Å². The lowest BCUT2D eigenvalue weighted by molar-refractivity contribution is 0.299. The third-order valence-electron chi connectivity index (χ3n) is 3.89. The average molecular weight is 417 g/mol. The van der Waals surface area contributed by atoms with Crippen LogP contribution in [0.1, 0.15) is 11.6 Å². The fraction of sp³-hybridized carbons (Fsp3) is 0.294. The average Bonchev–Trinajstić information content (AvgIpc) is 2.54. The molecule has 9 heteroatoms. The summed E-state index contributed by atoms with van der Waals surface area (Å²) in [7, 11) is -3.83. The van der Waals surface area contributed by atoms with E-state index in [4.69, 9.17) is 11.6 Å². The Kier molecular flexibility index (Phi) is 6.46. The minimum absolute atomic E-state index is 0.0361. The van der Waals surface area contributed by atoms with E-state index in [1.54, 1.807) is 0 Å². The molecule has 0 heterocycles. The van der Waals surface area contributed by atoms with Gasteiger partial charge in [0.1, 0.15) is 4.90 Å². The summed E-state index contributed by atoms with van der Waals surface area (Å²) < 4.78 is 51.3. The quantitative estimate of drug-likeness (QED) is 0.748. The molecule has 0 amide bonds. The van der Waals surface area contributed by atoms with Gasteiger partial charge in [-0.25, -0.2) is 21.6 Å². The Morgan fingerprint density at radius 1 is 1.04 bits per heavy atom. The van der Waals surface area contributed by atoms with Gasteiger partial charge in [-0.15, -0.1) is 0 Å². The SMILES string of the molecule is CN(C)C(CNS(=O)(=O)c1cc(S(C)(=O)=O)ccc1Cl)c1ccccc1. The van der Waals surface area contributed by atoms with E-state index in [0.29, 0.717) is 0 Å². The first-order valence-electron chi connectivity index (χ1n) is 7.73.